The molecule has 2 aliphatic rings. The van der Waals surface area contributed by atoms with Crippen molar-refractivity contribution in [2.45, 2.75) is 36.7 Å². The molecule has 0 aromatic heterocycles. The van der Waals surface area contributed by atoms with Gasteiger partial charge >= 0.3 is 0 Å². The van der Waals surface area contributed by atoms with E-state index in [4.69, 9.17) is 9.47 Å². The zero-order valence-electron chi connectivity index (χ0n) is 15.5. The topological polar surface area (TPSA) is 54.9 Å². The van der Waals surface area contributed by atoms with Gasteiger partial charge in [-0.25, -0.2) is 0 Å². The smallest absolute Gasteiger partial charge is 0.191 e. The number of hydrogen-bond acceptors (Lipinski definition) is 3. The van der Waals surface area contributed by atoms with E-state index in [9.17, 15) is 0 Å². The average molecular weight is 538 g/mol. The Bertz CT molecular complexity index is 617. The Balaban J connectivity index is 0.00000243. The molecule has 3 rings (SSSR count). The molecule has 0 unspecified atom stereocenters. The predicted molar refractivity (Wildman–Crippen MR) is 120 cm³/mol. The zero-order chi connectivity index (χ0) is 17.8. The highest BCUT2D eigenvalue weighted by molar-refractivity contribution is 14.0. The number of aliphatic imine (C=N–C) groups is 1. The number of benzene rings is 1. The Labute approximate surface area is 181 Å². The summed E-state index contributed by atoms with van der Waals surface area (Å²) in [5.74, 6) is 0.837. The Kier molecular flexibility index (Phi) is 8.18. The SMILES string of the molecule is CN=C(NCC1(OC)CCOCC1)NCC1(c2cccc(Br)c2)CC1.I. The second kappa shape index (κ2) is 9.71. The van der Waals surface area contributed by atoms with Crippen molar-refractivity contribution in [3.05, 3.63) is 34.3 Å². The average Bonchev–Trinajstić information content (AvgIpc) is 3.44. The number of rotatable bonds is 6. The van der Waals surface area contributed by atoms with Gasteiger partial charge in [0.05, 0.1) is 5.60 Å². The van der Waals surface area contributed by atoms with E-state index in [1.807, 2.05) is 7.05 Å². The summed E-state index contributed by atoms with van der Waals surface area (Å²) in [5, 5.41) is 6.95. The molecule has 1 saturated heterocycles. The van der Waals surface area contributed by atoms with Crippen LogP contribution < -0.4 is 10.6 Å². The van der Waals surface area contributed by atoms with E-state index in [-0.39, 0.29) is 35.0 Å². The Morgan fingerprint density at radius 1 is 1.19 bits per heavy atom. The molecule has 1 heterocycles. The molecule has 1 aliphatic heterocycles. The van der Waals surface area contributed by atoms with Crippen molar-refractivity contribution in [1.29, 1.82) is 0 Å². The van der Waals surface area contributed by atoms with E-state index < -0.39 is 0 Å². The first-order valence-corrected chi connectivity index (χ1v) is 9.74. The van der Waals surface area contributed by atoms with Gasteiger partial charge in [0.25, 0.3) is 0 Å². The second-order valence-corrected chi connectivity index (χ2v) is 7.99. The van der Waals surface area contributed by atoms with Gasteiger partial charge in [0.1, 0.15) is 0 Å². The van der Waals surface area contributed by atoms with Crippen LogP contribution in [0.3, 0.4) is 0 Å². The Morgan fingerprint density at radius 2 is 1.88 bits per heavy atom. The highest BCUT2D eigenvalue weighted by Gasteiger charge is 2.44. The van der Waals surface area contributed by atoms with Crippen LogP contribution in [0.1, 0.15) is 31.2 Å². The third kappa shape index (κ3) is 5.33. The first-order chi connectivity index (χ1) is 12.1. The van der Waals surface area contributed by atoms with E-state index in [2.05, 4.69) is 55.8 Å². The Hall–Kier alpha value is -0.380. The van der Waals surface area contributed by atoms with Crippen LogP contribution in [0.2, 0.25) is 0 Å². The van der Waals surface area contributed by atoms with Crippen LogP contribution in [0, 0.1) is 0 Å². The van der Waals surface area contributed by atoms with Gasteiger partial charge < -0.3 is 20.1 Å². The van der Waals surface area contributed by atoms with Crippen LogP contribution in [0.5, 0.6) is 0 Å². The molecular weight excluding hydrogens is 509 g/mol. The van der Waals surface area contributed by atoms with Crippen LogP contribution in [-0.4, -0.2) is 52.0 Å². The second-order valence-electron chi connectivity index (χ2n) is 7.07. The van der Waals surface area contributed by atoms with Crippen LogP contribution in [0.4, 0.5) is 0 Å². The fraction of sp³-hybridized carbons (Fsp3) is 0.632. The van der Waals surface area contributed by atoms with Gasteiger partial charge in [-0.05, 0) is 30.5 Å². The minimum Gasteiger partial charge on any atom is -0.381 e. The van der Waals surface area contributed by atoms with Gasteiger partial charge in [-0.15, -0.1) is 24.0 Å². The van der Waals surface area contributed by atoms with E-state index in [0.717, 1.165) is 49.6 Å². The fourth-order valence-corrected chi connectivity index (χ4v) is 3.85. The standard InChI is InChI=1S/C19H28BrN3O2.HI/c1-21-17(23-14-19(24-2)8-10-25-11-9-19)22-13-18(6-7-18)15-4-3-5-16(20)12-15;/h3-5,12H,6-11,13-14H2,1-2H3,(H2,21,22,23);1H. The summed E-state index contributed by atoms with van der Waals surface area (Å²) in [6.07, 6.45) is 4.25. The lowest BCUT2D eigenvalue weighted by Gasteiger charge is -2.36. The minimum absolute atomic E-state index is 0. The zero-order valence-corrected chi connectivity index (χ0v) is 19.4. The van der Waals surface area contributed by atoms with Crippen LogP contribution in [0.15, 0.2) is 33.7 Å². The fourth-order valence-electron chi connectivity index (χ4n) is 3.45. The summed E-state index contributed by atoms with van der Waals surface area (Å²) < 4.78 is 12.4. The maximum absolute atomic E-state index is 5.78. The predicted octanol–water partition coefficient (Wildman–Crippen LogP) is 3.46. The van der Waals surface area contributed by atoms with Gasteiger partial charge in [0.2, 0.25) is 0 Å². The Morgan fingerprint density at radius 3 is 2.46 bits per heavy atom. The van der Waals surface area contributed by atoms with E-state index in [1.165, 1.54) is 18.4 Å². The quantitative estimate of drug-likeness (QED) is 0.331. The van der Waals surface area contributed by atoms with Gasteiger partial charge in [-0.1, -0.05) is 28.1 Å². The monoisotopic (exact) mass is 537 g/mol. The summed E-state index contributed by atoms with van der Waals surface area (Å²) in [6.45, 7) is 3.16. The van der Waals surface area contributed by atoms with Crippen LogP contribution >= 0.6 is 39.9 Å². The van der Waals surface area contributed by atoms with Gasteiger partial charge in [0, 0.05) is 63.2 Å². The van der Waals surface area contributed by atoms with Crippen molar-refractivity contribution in [3.63, 3.8) is 0 Å². The van der Waals surface area contributed by atoms with Crippen molar-refractivity contribution in [2.75, 3.05) is 40.5 Å². The summed E-state index contributed by atoms with van der Waals surface area (Å²) in [6, 6.07) is 8.63. The summed E-state index contributed by atoms with van der Waals surface area (Å²) in [5.41, 5.74) is 1.47. The molecule has 0 atom stereocenters. The van der Waals surface area contributed by atoms with Crippen molar-refractivity contribution in [2.24, 2.45) is 4.99 Å². The van der Waals surface area contributed by atoms with Crippen molar-refractivity contribution in [1.82, 2.24) is 10.6 Å². The molecule has 2 N–H and O–H groups in total. The van der Waals surface area contributed by atoms with Crippen LogP contribution in [-0.2, 0) is 14.9 Å². The molecule has 0 bridgehead atoms. The van der Waals surface area contributed by atoms with Gasteiger partial charge in [-0.3, -0.25) is 4.99 Å². The van der Waals surface area contributed by atoms with Crippen molar-refractivity contribution < 1.29 is 9.47 Å². The highest BCUT2D eigenvalue weighted by atomic mass is 127. The molecule has 0 radical (unpaired) electrons. The maximum Gasteiger partial charge on any atom is 0.191 e. The molecule has 0 spiro atoms. The van der Waals surface area contributed by atoms with Gasteiger partial charge in [0.15, 0.2) is 5.96 Å². The number of nitrogens with one attached hydrogen (secondary N) is 2. The molecule has 26 heavy (non-hydrogen) atoms. The lowest BCUT2D eigenvalue weighted by atomic mass is 9.94. The molecular formula is C19H29BrIN3O2. The number of nitrogens with zero attached hydrogens (tertiary/aromatic N) is 1. The van der Waals surface area contributed by atoms with E-state index in [1.54, 1.807) is 7.11 Å². The number of halogens is 2. The molecule has 5 nitrogen and oxygen atoms in total. The summed E-state index contributed by atoms with van der Waals surface area (Å²) in [7, 11) is 3.60. The molecule has 7 heteroatoms. The molecule has 1 aromatic carbocycles. The van der Waals surface area contributed by atoms with E-state index in [0.29, 0.717) is 0 Å². The molecule has 2 fully saturated rings. The first-order valence-electron chi connectivity index (χ1n) is 8.95. The molecule has 1 aromatic rings. The summed E-state index contributed by atoms with van der Waals surface area (Å²) >= 11 is 3.58. The summed E-state index contributed by atoms with van der Waals surface area (Å²) in [4.78, 5) is 4.38. The van der Waals surface area contributed by atoms with Gasteiger partial charge in [-0.2, -0.15) is 0 Å². The minimum atomic E-state index is -0.155. The first kappa shape index (κ1) is 21.9. The number of guanidine groups is 1. The molecule has 0 amide bonds. The molecule has 1 aliphatic carbocycles. The lowest BCUT2D eigenvalue weighted by Crippen LogP contribution is -2.51. The molecule has 146 valence electrons. The largest absolute Gasteiger partial charge is 0.381 e. The van der Waals surface area contributed by atoms with Crippen molar-refractivity contribution >= 4 is 45.9 Å². The van der Waals surface area contributed by atoms with Crippen LogP contribution in [0.25, 0.3) is 0 Å². The number of hydrogen-bond donors (Lipinski definition) is 2. The number of ether oxygens (including phenoxy) is 2. The maximum atomic E-state index is 5.78. The normalized spacial score (nSPS) is 20.8. The highest BCUT2D eigenvalue weighted by Crippen LogP contribution is 2.48. The third-order valence-electron chi connectivity index (χ3n) is 5.52. The van der Waals surface area contributed by atoms with Crippen molar-refractivity contribution in [3.8, 4) is 0 Å². The number of methoxy groups -OCH3 is 1. The molecule has 1 saturated carbocycles. The third-order valence-corrected chi connectivity index (χ3v) is 6.02. The lowest BCUT2D eigenvalue weighted by molar-refractivity contribution is -0.0855. The van der Waals surface area contributed by atoms with E-state index >= 15 is 0 Å².